The van der Waals surface area contributed by atoms with Crippen LogP contribution in [0.5, 0.6) is 0 Å². The third-order valence-corrected chi connectivity index (χ3v) is 21.5. The largest absolute Gasteiger partial charge is 2.00 e. The van der Waals surface area contributed by atoms with Gasteiger partial charge in [-0.3, -0.25) is 0 Å². The van der Waals surface area contributed by atoms with Crippen LogP contribution < -0.4 is 5.19 Å². The molecule has 4 aromatic rings. The second-order valence-corrected chi connectivity index (χ2v) is 27.8. The Morgan fingerprint density at radius 1 is 0.755 bits per heavy atom. The fourth-order valence-corrected chi connectivity index (χ4v) is 20.2. The molecule has 2 aromatic heterocycles. The number of hydrogen-bond acceptors (Lipinski definition) is 0. The van der Waals surface area contributed by atoms with Gasteiger partial charge in [0, 0.05) is 29.9 Å². The summed E-state index contributed by atoms with van der Waals surface area (Å²) < 4.78 is 0. The van der Waals surface area contributed by atoms with Crippen molar-refractivity contribution < 1.29 is 17.1 Å². The molecule has 262 valence electrons. The van der Waals surface area contributed by atoms with Crippen LogP contribution in [0, 0.1) is 35.5 Å². The van der Waals surface area contributed by atoms with Crippen LogP contribution in [0.2, 0.25) is 19.6 Å². The number of aromatic amines is 2. The van der Waals surface area contributed by atoms with Gasteiger partial charge in [0.05, 0.1) is 8.07 Å². The monoisotopic (exact) mass is 748 g/mol. The smallest absolute Gasteiger partial charge is 0.367 e. The third kappa shape index (κ3) is 6.15. The molecule has 8 bridgehead atoms. The average Bonchev–Trinajstić information content (AvgIpc) is 3.86. The maximum absolute atomic E-state index is 3.43. The Kier molecular flexibility index (Phi) is 9.31. The zero-order valence-electron chi connectivity index (χ0n) is 30.0. The van der Waals surface area contributed by atoms with Crippen molar-refractivity contribution in [1.82, 2.24) is 9.97 Å². The van der Waals surface area contributed by atoms with Crippen LogP contribution in [-0.4, -0.2) is 28.4 Å². The molecule has 8 saturated carbocycles. The minimum absolute atomic E-state index is 0. The first kappa shape index (κ1) is 34.9. The van der Waals surface area contributed by atoms with Gasteiger partial charge in [-0.05, 0) is 146 Å². The first-order chi connectivity index (χ1) is 23.1. The van der Waals surface area contributed by atoms with Gasteiger partial charge in [-0.25, -0.2) is 18.2 Å². The van der Waals surface area contributed by atoms with Crippen LogP contribution in [0.15, 0.2) is 79.4 Å². The molecule has 0 aliphatic heterocycles. The van der Waals surface area contributed by atoms with Crippen molar-refractivity contribution in [3.8, 4) is 0 Å². The number of nitrogens with one attached hydrogen (secondary N) is 2. The van der Waals surface area contributed by atoms with Crippen molar-refractivity contribution in [2.24, 2.45) is 35.5 Å². The van der Waals surface area contributed by atoms with Crippen LogP contribution >= 0.6 is 17.2 Å². The minimum atomic E-state index is -1.50. The van der Waals surface area contributed by atoms with Gasteiger partial charge in [0.1, 0.15) is 0 Å². The molecule has 0 amide bonds. The van der Waals surface area contributed by atoms with Gasteiger partial charge in [0.25, 0.3) is 0 Å². The molecule has 1 unspecified atom stereocenters. The maximum Gasteiger partial charge on any atom is 2.00 e. The standard InChI is InChI=1S/C38H53N2P2Si.C5H5.Fe/c1-43(2,3)34-14-31(35(15-34)38(41,32-4-6-39-22-32)33-5-7-40-23-33)24-42(36-16-25-8-26(17-36)10-27(9-25)18-36)37-19-28-11-29(20-37)13-30(12-28)21-37;1-2-4-5-3-1;/h4-7,14-15,22-23,25-30,39-40H,8-13,16-21,24,41H2,1-3H3;1-5H;/q2*-1;+2. The molecule has 2 N–H and O–H groups in total. The van der Waals surface area contributed by atoms with E-state index in [1.165, 1.54) is 17.3 Å². The van der Waals surface area contributed by atoms with Gasteiger partial charge in [-0.1, -0.05) is 25.8 Å². The molecular weight excluding hydrogens is 690 g/mol. The quantitative estimate of drug-likeness (QED) is 0.102. The van der Waals surface area contributed by atoms with E-state index < -0.39 is 8.07 Å². The number of H-pyrrole nitrogens is 2. The van der Waals surface area contributed by atoms with Crippen LogP contribution in [0.3, 0.4) is 0 Å². The molecule has 8 aliphatic carbocycles. The molecule has 8 fully saturated rings. The summed E-state index contributed by atoms with van der Waals surface area (Å²) in [6.07, 6.45) is 29.1. The molecular formula is C43H58FeN2P2Si. The predicted octanol–water partition coefficient (Wildman–Crippen LogP) is 11.1. The Morgan fingerprint density at radius 2 is 1.18 bits per heavy atom. The first-order valence-electron chi connectivity index (χ1n) is 19.4. The molecule has 12 rings (SSSR count). The summed E-state index contributed by atoms with van der Waals surface area (Å²) in [7, 11) is 1.81. The maximum atomic E-state index is 3.43. The molecule has 6 heteroatoms. The molecule has 2 heterocycles. The van der Waals surface area contributed by atoms with Crippen molar-refractivity contribution in [3.63, 3.8) is 0 Å². The molecule has 8 aliphatic rings. The summed E-state index contributed by atoms with van der Waals surface area (Å²) in [4.78, 5) is 6.86. The molecule has 0 saturated heterocycles. The summed E-state index contributed by atoms with van der Waals surface area (Å²) >= 11 is 0. The Labute approximate surface area is 311 Å². The van der Waals surface area contributed by atoms with Crippen LogP contribution in [0.4, 0.5) is 0 Å². The average molecular weight is 749 g/mol. The van der Waals surface area contributed by atoms with Crippen LogP contribution in [-0.2, 0) is 28.4 Å². The van der Waals surface area contributed by atoms with E-state index in [-0.39, 0.29) is 30.1 Å². The van der Waals surface area contributed by atoms with Crippen LogP contribution in [0.25, 0.3) is 0 Å². The summed E-state index contributed by atoms with van der Waals surface area (Å²) in [5.41, 5.74) is 6.07. The molecule has 49 heavy (non-hydrogen) atoms. The van der Waals surface area contributed by atoms with Gasteiger partial charge in [-0.15, -0.1) is 22.7 Å². The van der Waals surface area contributed by atoms with Gasteiger partial charge in [0.15, 0.2) is 0 Å². The second-order valence-electron chi connectivity index (χ2n) is 18.8. The van der Waals surface area contributed by atoms with Gasteiger partial charge in [-0.2, -0.15) is 35.0 Å². The van der Waals surface area contributed by atoms with Gasteiger partial charge < -0.3 is 9.97 Å². The number of rotatable bonds is 8. The van der Waals surface area contributed by atoms with Crippen molar-refractivity contribution in [2.75, 3.05) is 0 Å². The molecule has 0 spiro atoms. The second kappa shape index (κ2) is 13.1. The SMILES string of the molecule is C[Si](C)(C)c1cc(CP(C23CC4CC(CC(C4)C2)C3)C23CC4CC(CC(C4)C2)C3)c(C(P)(c2cc[nH]c2)c2cc[nH]c2)[cH-]1.[Fe+2].c1cc[cH-]c1. The van der Waals surface area contributed by atoms with E-state index in [1.54, 1.807) is 93.4 Å². The van der Waals surface area contributed by atoms with Crippen LogP contribution in [0.1, 0.15) is 99.3 Å². The number of hydrogen-bond donors (Lipinski definition) is 2. The predicted molar refractivity (Wildman–Crippen MR) is 211 cm³/mol. The van der Waals surface area contributed by atoms with E-state index in [9.17, 15) is 0 Å². The Morgan fingerprint density at radius 3 is 1.51 bits per heavy atom. The van der Waals surface area contributed by atoms with Crippen molar-refractivity contribution in [3.05, 3.63) is 102 Å². The summed E-state index contributed by atoms with van der Waals surface area (Å²) in [6, 6.07) is 20.1. The summed E-state index contributed by atoms with van der Waals surface area (Å²) in [5, 5.41) is 2.77. The van der Waals surface area contributed by atoms with E-state index in [4.69, 9.17) is 0 Å². The Balaban J connectivity index is 0.000000536. The van der Waals surface area contributed by atoms with E-state index in [0.717, 1.165) is 35.5 Å². The van der Waals surface area contributed by atoms with Crippen molar-refractivity contribution in [2.45, 2.75) is 118 Å². The van der Waals surface area contributed by atoms with Crippen molar-refractivity contribution in [1.29, 1.82) is 0 Å². The van der Waals surface area contributed by atoms with Gasteiger partial charge in [0.2, 0.25) is 0 Å². The van der Waals surface area contributed by atoms with E-state index >= 15 is 0 Å². The van der Waals surface area contributed by atoms with Gasteiger partial charge >= 0.3 is 17.1 Å². The number of aromatic nitrogens is 2. The topological polar surface area (TPSA) is 31.6 Å². The minimum Gasteiger partial charge on any atom is -0.367 e. The third-order valence-electron chi connectivity index (χ3n) is 14.4. The van der Waals surface area contributed by atoms with E-state index in [1.807, 2.05) is 30.3 Å². The van der Waals surface area contributed by atoms with E-state index in [2.05, 4.69) is 87.9 Å². The first-order valence-corrected chi connectivity index (χ1v) is 25.0. The fourth-order valence-electron chi connectivity index (χ4n) is 13.2. The summed E-state index contributed by atoms with van der Waals surface area (Å²) in [5.74, 6) is 6.26. The zero-order chi connectivity index (χ0) is 32.7. The molecule has 2 aromatic carbocycles. The molecule has 0 radical (unpaired) electrons. The summed E-state index contributed by atoms with van der Waals surface area (Å²) in [6.45, 7) is 7.69. The zero-order valence-corrected chi connectivity index (χ0v) is 34.2. The fraction of sp³-hybridized carbons (Fsp3) is 0.581. The van der Waals surface area contributed by atoms with E-state index in [0.29, 0.717) is 10.3 Å². The Bertz CT molecular complexity index is 1510. The molecule has 1 atom stereocenters. The normalized spacial score (nSPS) is 34.8. The Hall–Kier alpha value is -1.14. The van der Waals surface area contributed by atoms with Crippen molar-refractivity contribution >= 4 is 30.4 Å². The molecule has 2 nitrogen and oxygen atoms in total.